The zero-order valence-corrected chi connectivity index (χ0v) is 6.93. The molecule has 1 atom stereocenters. The number of rotatable bonds is 0. The molecule has 1 unspecified atom stereocenters. The summed E-state index contributed by atoms with van der Waals surface area (Å²) in [4.78, 5) is 0. The predicted octanol–water partition coefficient (Wildman–Crippen LogP) is 0.00500. The molecule has 0 spiro atoms. The van der Waals surface area contributed by atoms with Gasteiger partial charge in [0, 0.05) is 6.54 Å². The van der Waals surface area contributed by atoms with Crippen LogP contribution in [0.3, 0.4) is 0 Å². The number of hydrogen-bond acceptors (Lipinski definition) is 5. The number of hydrogen-bond donors (Lipinski definition) is 0. The Balaban J connectivity index is 2.33. The van der Waals surface area contributed by atoms with E-state index < -0.39 is 16.1 Å². The number of hydroxylamine groups is 2. The highest BCUT2D eigenvalue weighted by Crippen LogP contribution is 2.38. The van der Waals surface area contributed by atoms with Crippen LogP contribution in [-0.4, -0.2) is 25.8 Å². The van der Waals surface area contributed by atoms with Crippen LogP contribution in [0, 0.1) is 0 Å². The van der Waals surface area contributed by atoms with Crippen LogP contribution in [0.4, 0.5) is 0 Å². The van der Waals surface area contributed by atoms with Gasteiger partial charge >= 0.3 is 10.4 Å². The van der Waals surface area contributed by atoms with Crippen molar-refractivity contribution in [3.05, 3.63) is 0 Å². The molecule has 0 N–H and O–H groups in total. The monoisotopic (exact) mass is 179 g/mol. The van der Waals surface area contributed by atoms with E-state index in [9.17, 15) is 8.42 Å². The van der Waals surface area contributed by atoms with Crippen LogP contribution in [0.2, 0.25) is 0 Å². The highest BCUT2D eigenvalue weighted by molar-refractivity contribution is 7.82. The van der Waals surface area contributed by atoms with Crippen LogP contribution in [0.25, 0.3) is 0 Å². The van der Waals surface area contributed by atoms with E-state index >= 15 is 0 Å². The van der Waals surface area contributed by atoms with Gasteiger partial charge in [0.1, 0.15) is 0 Å². The lowest BCUT2D eigenvalue weighted by atomic mass is 10.2. The number of nitrogens with zero attached hydrogens (tertiary/aromatic N) is 1. The molecule has 2 rings (SSSR count). The van der Waals surface area contributed by atoms with Crippen molar-refractivity contribution in [3.63, 3.8) is 0 Å². The highest BCUT2D eigenvalue weighted by atomic mass is 32.3. The van der Waals surface area contributed by atoms with Crippen molar-refractivity contribution in [1.82, 2.24) is 5.06 Å². The lowest BCUT2D eigenvalue weighted by Gasteiger charge is -2.18. The molecule has 0 amide bonds. The Morgan fingerprint density at radius 2 is 2.27 bits per heavy atom. The standard InChI is InChI=1S/C5H9NO4S/c1-5-3-2-4-6(5)10-11(7,8)9-5/h2-4H2,1H3. The summed E-state index contributed by atoms with van der Waals surface area (Å²) in [5, 5.41) is 1.38. The smallest absolute Gasteiger partial charge is 0.222 e. The van der Waals surface area contributed by atoms with E-state index in [2.05, 4.69) is 4.28 Å². The fourth-order valence-corrected chi connectivity index (χ4v) is 2.55. The van der Waals surface area contributed by atoms with Gasteiger partial charge < -0.3 is 0 Å². The zero-order chi connectivity index (χ0) is 8.11. The van der Waals surface area contributed by atoms with Gasteiger partial charge in [-0.2, -0.15) is 12.7 Å². The molecule has 2 heterocycles. The molecule has 0 aromatic rings. The van der Waals surface area contributed by atoms with Gasteiger partial charge in [0.15, 0.2) is 5.72 Å². The van der Waals surface area contributed by atoms with Crippen molar-refractivity contribution in [1.29, 1.82) is 0 Å². The Kier molecular flexibility index (Phi) is 1.32. The van der Waals surface area contributed by atoms with Gasteiger partial charge in [-0.3, -0.25) is 0 Å². The summed E-state index contributed by atoms with van der Waals surface area (Å²) in [6.07, 6.45) is 1.61. The van der Waals surface area contributed by atoms with Crippen molar-refractivity contribution in [2.24, 2.45) is 0 Å². The van der Waals surface area contributed by atoms with E-state index in [-0.39, 0.29) is 0 Å². The molecule has 0 aromatic heterocycles. The van der Waals surface area contributed by atoms with Gasteiger partial charge in [0.25, 0.3) is 0 Å². The summed E-state index contributed by atoms with van der Waals surface area (Å²) in [6.45, 7) is 2.33. The second kappa shape index (κ2) is 1.95. The minimum absolute atomic E-state index is 0.621. The molecule has 5 nitrogen and oxygen atoms in total. The van der Waals surface area contributed by atoms with Crippen molar-refractivity contribution in [2.45, 2.75) is 25.5 Å². The molecule has 64 valence electrons. The van der Waals surface area contributed by atoms with E-state index in [0.717, 1.165) is 6.42 Å². The maximum atomic E-state index is 10.8. The third kappa shape index (κ3) is 1.06. The van der Waals surface area contributed by atoms with Gasteiger partial charge in [0.2, 0.25) is 0 Å². The molecular weight excluding hydrogens is 170 g/mol. The van der Waals surface area contributed by atoms with Crippen LogP contribution in [0.15, 0.2) is 0 Å². The summed E-state index contributed by atoms with van der Waals surface area (Å²) >= 11 is 0. The largest absolute Gasteiger partial charge is 0.418 e. The number of fused-ring (bicyclic) bond motifs is 1. The van der Waals surface area contributed by atoms with Crippen LogP contribution < -0.4 is 0 Å². The molecule has 2 aliphatic heterocycles. The fourth-order valence-electron chi connectivity index (χ4n) is 1.46. The molecule has 11 heavy (non-hydrogen) atoms. The van der Waals surface area contributed by atoms with E-state index in [1.165, 1.54) is 5.06 Å². The first-order valence-corrected chi connectivity index (χ1v) is 4.78. The van der Waals surface area contributed by atoms with E-state index in [1.54, 1.807) is 6.92 Å². The maximum Gasteiger partial charge on any atom is 0.418 e. The van der Waals surface area contributed by atoms with Crippen molar-refractivity contribution >= 4 is 10.4 Å². The van der Waals surface area contributed by atoms with E-state index in [0.29, 0.717) is 13.0 Å². The maximum absolute atomic E-state index is 10.8. The highest BCUT2D eigenvalue weighted by Gasteiger charge is 2.51. The van der Waals surface area contributed by atoms with Crippen LogP contribution >= 0.6 is 0 Å². The third-order valence-corrected chi connectivity index (χ3v) is 2.92. The normalized spacial score (nSPS) is 42.6. The average Bonchev–Trinajstić information content (AvgIpc) is 2.16. The van der Waals surface area contributed by atoms with Gasteiger partial charge in [-0.15, -0.1) is 5.06 Å². The summed E-state index contributed by atoms with van der Waals surface area (Å²) < 4.78 is 30.8. The van der Waals surface area contributed by atoms with Crippen LogP contribution in [-0.2, 0) is 18.9 Å². The first-order chi connectivity index (χ1) is 5.02. The van der Waals surface area contributed by atoms with E-state index in [1.807, 2.05) is 0 Å². The average molecular weight is 179 g/mol. The molecular formula is C5H9NO4S. The molecule has 2 aliphatic rings. The first-order valence-electron chi connectivity index (χ1n) is 3.45. The van der Waals surface area contributed by atoms with Crippen LogP contribution in [0.5, 0.6) is 0 Å². The second-order valence-corrected chi connectivity index (χ2v) is 4.08. The van der Waals surface area contributed by atoms with Gasteiger partial charge in [0.05, 0.1) is 0 Å². The summed E-state index contributed by atoms with van der Waals surface area (Å²) in [5.74, 6) is 0. The second-order valence-electron chi connectivity index (χ2n) is 2.95. The Morgan fingerprint density at radius 3 is 2.91 bits per heavy atom. The zero-order valence-electron chi connectivity index (χ0n) is 6.11. The molecule has 0 radical (unpaired) electrons. The lowest BCUT2D eigenvalue weighted by molar-refractivity contribution is -0.127. The Hall–Kier alpha value is -0.170. The summed E-state index contributed by atoms with van der Waals surface area (Å²) in [7, 11) is -3.74. The summed E-state index contributed by atoms with van der Waals surface area (Å²) in [6, 6.07) is 0. The van der Waals surface area contributed by atoms with Gasteiger partial charge in [-0.05, 0) is 19.8 Å². The fraction of sp³-hybridized carbons (Fsp3) is 1.00. The third-order valence-electron chi connectivity index (χ3n) is 1.99. The first kappa shape index (κ1) is 7.48. The molecule has 2 fully saturated rings. The Labute approximate surface area is 65.2 Å². The van der Waals surface area contributed by atoms with Crippen molar-refractivity contribution < 1.29 is 16.9 Å². The molecule has 2 saturated heterocycles. The molecule has 0 bridgehead atoms. The van der Waals surface area contributed by atoms with Gasteiger partial charge in [-0.25, -0.2) is 4.18 Å². The quantitative estimate of drug-likeness (QED) is 0.524. The molecule has 0 saturated carbocycles. The van der Waals surface area contributed by atoms with Crippen molar-refractivity contribution in [2.75, 3.05) is 6.54 Å². The van der Waals surface area contributed by atoms with Crippen molar-refractivity contribution in [3.8, 4) is 0 Å². The Morgan fingerprint density at radius 1 is 1.55 bits per heavy atom. The Bertz CT molecular complexity index is 274. The molecule has 6 heteroatoms. The molecule has 0 aromatic carbocycles. The minimum atomic E-state index is -3.74. The SMILES string of the molecule is CC12CCCN1OS(=O)(=O)O2. The molecule has 0 aliphatic carbocycles. The van der Waals surface area contributed by atoms with E-state index in [4.69, 9.17) is 4.18 Å². The summed E-state index contributed by atoms with van der Waals surface area (Å²) in [5.41, 5.74) is -0.737. The van der Waals surface area contributed by atoms with Crippen LogP contribution in [0.1, 0.15) is 19.8 Å². The minimum Gasteiger partial charge on any atom is -0.222 e. The lowest BCUT2D eigenvalue weighted by Crippen LogP contribution is -2.34. The predicted molar refractivity (Wildman–Crippen MR) is 35.4 cm³/mol. The topological polar surface area (TPSA) is 55.8 Å². The van der Waals surface area contributed by atoms with Gasteiger partial charge in [-0.1, -0.05) is 0 Å².